The molecular weight excluding hydrogens is 386 g/mol. The predicted molar refractivity (Wildman–Crippen MR) is 110 cm³/mol. The van der Waals surface area contributed by atoms with Gasteiger partial charge in [-0.05, 0) is 17.7 Å². The number of hydrogen-bond donors (Lipinski definition) is 0. The number of nitro groups is 1. The molecule has 0 spiro atoms. The molecule has 0 aliphatic carbocycles. The van der Waals surface area contributed by atoms with Gasteiger partial charge in [-0.3, -0.25) is 24.6 Å². The van der Waals surface area contributed by atoms with Crippen molar-refractivity contribution in [2.24, 2.45) is 0 Å². The van der Waals surface area contributed by atoms with Crippen LogP contribution in [-0.4, -0.2) is 75.3 Å². The number of aromatic nitrogens is 1. The summed E-state index contributed by atoms with van der Waals surface area (Å²) in [5.74, 6) is 0.0854. The first-order chi connectivity index (χ1) is 14.4. The van der Waals surface area contributed by atoms with E-state index in [2.05, 4.69) is 9.47 Å². The van der Waals surface area contributed by atoms with Crippen LogP contribution in [0.2, 0.25) is 0 Å². The third-order valence-corrected chi connectivity index (χ3v) is 5.97. The average Bonchev–Trinajstić information content (AvgIpc) is 3.22. The Morgan fingerprint density at radius 2 is 1.67 bits per heavy atom. The highest BCUT2D eigenvalue weighted by Gasteiger charge is 2.32. The number of carbonyl (C=O) groups is 2. The Hall–Kier alpha value is -3.20. The van der Waals surface area contributed by atoms with E-state index in [1.54, 1.807) is 24.0 Å². The van der Waals surface area contributed by atoms with E-state index in [4.69, 9.17) is 0 Å². The number of rotatable bonds is 4. The van der Waals surface area contributed by atoms with E-state index in [9.17, 15) is 19.7 Å². The summed E-state index contributed by atoms with van der Waals surface area (Å²) in [6, 6.07) is 10.4. The Morgan fingerprint density at radius 1 is 1.00 bits per heavy atom. The highest BCUT2D eigenvalue weighted by atomic mass is 16.6. The molecule has 2 amide bonds. The second-order valence-electron chi connectivity index (χ2n) is 7.73. The van der Waals surface area contributed by atoms with Crippen LogP contribution in [0.5, 0.6) is 0 Å². The first-order valence-corrected chi connectivity index (χ1v) is 10.1. The molecule has 0 saturated carbocycles. The van der Waals surface area contributed by atoms with E-state index in [0.717, 1.165) is 17.8 Å². The maximum Gasteiger partial charge on any atom is 0.269 e. The Morgan fingerprint density at radius 3 is 2.30 bits per heavy atom. The standard InChI is InChI=1S/C21H25N5O4/c1-16(27)22-9-12-24(13-10-22)20(28)15-25-14-11-23-8-2-3-19(23)21(25)17-4-6-18(7-5-17)26(29)30/h2-8,21H,9-15H2,1H3. The number of non-ortho nitro benzene ring substituents is 1. The van der Waals surface area contributed by atoms with Gasteiger partial charge in [-0.15, -0.1) is 0 Å². The third-order valence-electron chi connectivity index (χ3n) is 5.97. The summed E-state index contributed by atoms with van der Waals surface area (Å²) in [5, 5.41) is 11.0. The molecular formula is C21H25N5O4. The predicted octanol–water partition coefficient (Wildman–Crippen LogP) is 1.49. The summed E-state index contributed by atoms with van der Waals surface area (Å²) in [5.41, 5.74) is 2.05. The van der Waals surface area contributed by atoms with Gasteiger partial charge in [0.15, 0.2) is 0 Å². The van der Waals surface area contributed by atoms with E-state index in [1.807, 2.05) is 23.2 Å². The molecule has 1 saturated heterocycles. The summed E-state index contributed by atoms with van der Waals surface area (Å²) in [7, 11) is 0. The normalized spacial score (nSPS) is 19.4. The minimum Gasteiger partial charge on any atom is -0.348 e. The molecule has 2 aromatic rings. The molecule has 1 aromatic carbocycles. The SMILES string of the molecule is CC(=O)N1CCN(C(=O)CN2CCn3cccc3C2c2ccc([N+](=O)[O-])cc2)CC1. The summed E-state index contributed by atoms with van der Waals surface area (Å²) in [4.78, 5) is 40.8. The molecule has 0 N–H and O–H groups in total. The molecule has 2 aliphatic heterocycles. The van der Waals surface area contributed by atoms with Gasteiger partial charge in [-0.25, -0.2) is 0 Å². The molecule has 4 rings (SSSR count). The third kappa shape index (κ3) is 3.93. The first kappa shape index (κ1) is 20.1. The van der Waals surface area contributed by atoms with Gasteiger partial charge < -0.3 is 14.4 Å². The van der Waals surface area contributed by atoms with Gasteiger partial charge in [0.05, 0.1) is 17.5 Å². The molecule has 3 heterocycles. The fourth-order valence-electron chi connectivity index (χ4n) is 4.31. The molecule has 0 radical (unpaired) electrons. The Balaban J connectivity index is 1.52. The first-order valence-electron chi connectivity index (χ1n) is 10.1. The molecule has 0 bridgehead atoms. The van der Waals surface area contributed by atoms with Crippen molar-refractivity contribution >= 4 is 17.5 Å². The van der Waals surface area contributed by atoms with Gasteiger partial charge in [0.25, 0.3) is 5.69 Å². The molecule has 1 unspecified atom stereocenters. The number of nitrogens with zero attached hydrogens (tertiary/aromatic N) is 5. The second kappa shape index (κ2) is 8.27. The van der Waals surface area contributed by atoms with E-state index < -0.39 is 4.92 Å². The maximum atomic E-state index is 13.0. The van der Waals surface area contributed by atoms with Gasteiger partial charge in [-0.2, -0.15) is 0 Å². The van der Waals surface area contributed by atoms with Crippen molar-refractivity contribution in [3.8, 4) is 0 Å². The van der Waals surface area contributed by atoms with Crippen molar-refractivity contribution in [3.05, 3.63) is 64.0 Å². The van der Waals surface area contributed by atoms with Gasteiger partial charge in [0.2, 0.25) is 11.8 Å². The number of amides is 2. The summed E-state index contributed by atoms with van der Waals surface area (Å²) in [6.07, 6.45) is 2.02. The van der Waals surface area contributed by atoms with Crippen LogP contribution in [0.4, 0.5) is 5.69 Å². The molecule has 1 aromatic heterocycles. The van der Waals surface area contributed by atoms with Crippen molar-refractivity contribution in [2.45, 2.75) is 19.5 Å². The summed E-state index contributed by atoms with van der Waals surface area (Å²) >= 11 is 0. The molecule has 1 atom stereocenters. The fourth-order valence-corrected chi connectivity index (χ4v) is 4.31. The lowest BCUT2D eigenvalue weighted by atomic mass is 9.99. The van der Waals surface area contributed by atoms with Gasteiger partial charge in [-0.1, -0.05) is 12.1 Å². The highest BCUT2D eigenvalue weighted by molar-refractivity contribution is 5.79. The molecule has 1 fully saturated rings. The van der Waals surface area contributed by atoms with Gasteiger partial charge >= 0.3 is 0 Å². The van der Waals surface area contributed by atoms with E-state index in [0.29, 0.717) is 32.7 Å². The largest absolute Gasteiger partial charge is 0.348 e. The fraction of sp³-hybridized carbons (Fsp3) is 0.429. The van der Waals surface area contributed by atoms with Crippen molar-refractivity contribution in [1.82, 2.24) is 19.3 Å². The zero-order valence-corrected chi connectivity index (χ0v) is 16.9. The van der Waals surface area contributed by atoms with Crippen molar-refractivity contribution in [1.29, 1.82) is 0 Å². The molecule has 9 heteroatoms. The lowest BCUT2D eigenvalue weighted by Crippen LogP contribution is -2.53. The smallest absolute Gasteiger partial charge is 0.269 e. The molecule has 9 nitrogen and oxygen atoms in total. The van der Waals surface area contributed by atoms with Crippen LogP contribution in [0.15, 0.2) is 42.6 Å². The molecule has 158 valence electrons. The van der Waals surface area contributed by atoms with E-state index >= 15 is 0 Å². The quantitative estimate of drug-likeness (QED) is 0.562. The lowest BCUT2D eigenvalue weighted by molar-refractivity contribution is -0.384. The van der Waals surface area contributed by atoms with Crippen LogP contribution in [0, 0.1) is 10.1 Å². The minimum atomic E-state index is -0.407. The van der Waals surface area contributed by atoms with Gasteiger partial charge in [0.1, 0.15) is 0 Å². The number of carbonyl (C=O) groups excluding carboxylic acids is 2. The Bertz CT molecular complexity index is 947. The van der Waals surface area contributed by atoms with Crippen molar-refractivity contribution < 1.29 is 14.5 Å². The van der Waals surface area contributed by atoms with Crippen molar-refractivity contribution in [2.75, 3.05) is 39.3 Å². The van der Waals surface area contributed by atoms with Crippen LogP contribution in [0.1, 0.15) is 24.2 Å². The topological polar surface area (TPSA) is 91.9 Å². The van der Waals surface area contributed by atoms with Crippen LogP contribution in [0.25, 0.3) is 0 Å². The van der Waals surface area contributed by atoms with E-state index in [-0.39, 0.29) is 30.1 Å². The highest BCUT2D eigenvalue weighted by Crippen LogP contribution is 2.33. The maximum absolute atomic E-state index is 13.0. The van der Waals surface area contributed by atoms with Crippen LogP contribution in [-0.2, 0) is 16.1 Å². The zero-order valence-electron chi connectivity index (χ0n) is 16.9. The van der Waals surface area contributed by atoms with Crippen LogP contribution >= 0.6 is 0 Å². The minimum absolute atomic E-state index is 0.0390. The Kier molecular flexibility index (Phi) is 5.54. The second-order valence-corrected chi connectivity index (χ2v) is 7.73. The van der Waals surface area contributed by atoms with Crippen LogP contribution in [0.3, 0.4) is 0 Å². The summed E-state index contributed by atoms with van der Waals surface area (Å²) in [6.45, 7) is 5.54. The monoisotopic (exact) mass is 411 g/mol. The summed E-state index contributed by atoms with van der Waals surface area (Å²) < 4.78 is 2.17. The van der Waals surface area contributed by atoms with Gasteiger partial charge in [0, 0.05) is 70.2 Å². The molecule has 2 aliphatic rings. The zero-order chi connectivity index (χ0) is 21.3. The van der Waals surface area contributed by atoms with E-state index in [1.165, 1.54) is 12.1 Å². The van der Waals surface area contributed by atoms with Crippen LogP contribution < -0.4 is 0 Å². The number of nitro benzene ring substituents is 1. The lowest BCUT2D eigenvalue weighted by Gasteiger charge is -2.39. The van der Waals surface area contributed by atoms with Crippen molar-refractivity contribution in [3.63, 3.8) is 0 Å². The molecule has 30 heavy (non-hydrogen) atoms. The number of hydrogen-bond acceptors (Lipinski definition) is 5. The Labute approximate surface area is 174 Å². The number of piperazine rings is 1. The average molecular weight is 411 g/mol. The number of benzene rings is 1. The number of fused-ring (bicyclic) bond motifs is 1.